The first kappa shape index (κ1) is 23.0. The van der Waals surface area contributed by atoms with Gasteiger partial charge in [0.25, 0.3) is 0 Å². The van der Waals surface area contributed by atoms with Gasteiger partial charge in [-0.15, -0.1) is 11.3 Å². The summed E-state index contributed by atoms with van der Waals surface area (Å²) in [7, 11) is 1.62. The van der Waals surface area contributed by atoms with Gasteiger partial charge in [0.2, 0.25) is 11.8 Å². The maximum Gasteiger partial charge on any atom is 0.227 e. The van der Waals surface area contributed by atoms with Crippen molar-refractivity contribution in [1.82, 2.24) is 15.2 Å². The highest BCUT2D eigenvalue weighted by Crippen LogP contribution is 2.24. The Labute approximate surface area is 198 Å². The van der Waals surface area contributed by atoms with Crippen molar-refractivity contribution in [2.24, 2.45) is 0 Å². The van der Waals surface area contributed by atoms with E-state index < -0.39 is 0 Å². The smallest absolute Gasteiger partial charge is 0.227 e. The number of piperidine rings is 1. The van der Waals surface area contributed by atoms with Crippen LogP contribution in [0.25, 0.3) is 10.6 Å². The Morgan fingerprint density at radius 3 is 2.55 bits per heavy atom. The Hall–Kier alpha value is -3.19. The van der Waals surface area contributed by atoms with Crippen LogP contribution < -0.4 is 10.1 Å². The summed E-state index contributed by atoms with van der Waals surface area (Å²) in [6.45, 7) is 3.35. The van der Waals surface area contributed by atoms with Gasteiger partial charge in [0.05, 0.1) is 25.6 Å². The van der Waals surface area contributed by atoms with Crippen LogP contribution in [0, 0.1) is 6.92 Å². The SMILES string of the molecule is COc1ccccc1CC(=O)N1CCC(NC(=O)Cc2csc(-c3ccc(C)cc3)n2)CC1. The van der Waals surface area contributed by atoms with Gasteiger partial charge >= 0.3 is 0 Å². The van der Waals surface area contributed by atoms with E-state index in [4.69, 9.17) is 4.74 Å². The lowest BCUT2D eigenvalue weighted by Crippen LogP contribution is -2.47. The molecule has 4 rings (SSSR count). The van der Waals surface area contributed by atoms with Crippen LogP contribution in [-0.4, -0.2) is 47.9 Å². The Bertz CT molecular complexity index is 1100. The minimum Gasteiger partial charge on any atom is -0.496 e. The van der Waals surface area contributed by atoms with E-state index in [2.05, 4.69) is 41.5 Å². The highest BCUT2D eigenvalue weighted by atomic mass is 32.1. The molecule has 172 valence electrons. The molecule has 6 nitrogen and oxygen atoms in total. The highest BCUT2D eigenvalue weighted by Gasteiger charge is 2.24. The summed E-state index contributed by atoms with van der Waals surface area (Å²) in [5.41, 5.74) is 3.97. The number of carbonyl (C=O) groups excluding carboxylic acids is 2. The number of aryl methyl sites for hydroxylation is 1. The van der Waals surface area contributed by atoms with Gasteiger partial charge < -0.3 is 15.0 Å². The molecule has 1 N–H and O–H groups in total. The molecule has 7 heteroatoms. The molecule has 3 aromatic rings. The van der Waals surface area contributed by atoms with Crippen molar-refractivity contribution in [3.63, 3.8) is 0 Å². The number of hydrogen-bond acceptors (Lipinski definition) is 5. The minimum absolute atomic E-state index is 0.0189. The molecule has 1 saturated heterocycles. The average Bonchev–Trinajstić information content (AvgIpc) is 3.28. The molecule has 0 atom stereocenters. The first-order chi connectivity index (χ1) is 16.0. The fraction of sp³-hybridized carbons (Fsp3) is 0.346. The van der Waals surface area contributed by atoms with Gasteiger partial charge in [0.1, 0.15) is 10.8 Å². The molecular formula is C26H29N3O3S. The Balaban J connectivity index is 1.24. The van der Waals surface area contributed by atoms with E-state index in [9.17, 15) is 9.59 Å². The molecule has 2 amide bonds. The van der Waals surface area contributed by atoms with Gasteiger partial charge in [-0.05, 0) is 25.8 Å². The van der Waals surface area contributed by atoms with Crippen molar-refractivity contribution in [2.75, 3.05) is 20.2 Å². The fourth-order valence-corrected chi connectivity index (χ4v) is 4.88. The molecular weight excluding hydrogens is 434 g/mol. The first-order valence-corrected chi connectivity index (χ1v) is 12.1. The van der Waals surface area contributed by atoms with Crippen molar-refractivity contribution in [1.29, 1.82) is 0 Å². The van der Waals surface area contributed by atoms with E-state index in [1.807, 2.05) is 34.5 Å². The lowest BCUT2D eigenvalue weighted by atomic mass is 10.0. The summed E-state index contributed by atoms with van der Waals surface area (Å²) in [4.78, 5) is 31.8. The van der Waals surface area contributed by atoms with Crippen LogP contribution >= 0.6 is 11.3 Å². The normalized spacial score (nSPS) is 14.2. The Morgan fingerprint density at radius 1 is 1.09 bits per heavy atom. The molecule has 0 radical (unpaired) electrons. The number of amides is 2. The molecule has 1 fully saturated rings. The number of methoxy groups -OCH3 is 1. The molecule has 1 aromatic heterocycles. The highest BCUT2D eigenvalue weighted by molar-refractivity contribution is 7.13. The molecule has 2 heterocycles. The second-order valence-corrected chi connectivity index (χ2v) is 9.26. The molecule has 0 aliphatic carbocycles. The zero-order chi connectivity index (χ0) is 23.2. The molecule has 0 saturated carbocycles. The predicted octanol–water partition coefficient (Wildman–Crippen LogP) is 4.02. The third-order valence-corrected chi connectivity index (χ3v) is 6.88. The lowest BCUT2D eigenvalue weighted by Gasteiger charge is -2.32. The quantitative estimate of drug-likeness (QED) is 0.575. The van der Waals surface area contributed by atoms with Crippen molar-refractivity contribution in [3.05, 3.63) is 70.7 Å². The second kappa shape index (κ2) is 10.6. The summed E-state index contributed by atoms with van der Waals surface area (Å²) in [6, 6.07) is 15.9. The second-order valence-electron chi connectivity index (χ2n) is 8.40. The number of likely N-dealkylation sites (tertiary alicyclic amines) is 1. The van der Waals surface area contributed by atoms with E-state index in [0.717, 1.165) is 40.4 Å². The number of hydrogen-bond donors (Lipinski definition) is 1. The minimum atomic E-state index is -0.0189. The van der Waals surface area contributed by atoms with Gasteiger partial charge in [-0.1, -0.05) is 48.0 Å². The number of carbonyl (C=O) groups is 2. The summed E-state index contributed by atoms with van der Waals surface area (Å²) >= 11 is 1.56. The molecule has 1 aliphatic heterocycles. The molecule has 0 bridgehead atoms. The number of para-hydroxylation sites is 1. The number of nitrogens with one attached hydrogen (secondary N) is 1. The van der Waals surface area contributed by atoms with Crippen LogP contribution in [0.3, 0.4) is 0 Å². The Kier molecular flexibility index (Phi) is 7.40. The van der Waals surface area contributed by atoms with Gasteiger partial charge in [-0.25, -0.2) is 4.98 Å². The summed E-state index contributed by atoms with van der Waals surface area (Å²) in [5, 5.41) is 6.00. The summed E-state index contributed by atoms with van der Waals surface area (Å²) in [6.07, 6.45) is 2.12. The lowest BCUT2D eigenvalue weighted by molar-refractivity contribution is -0.131. The summed E-state index contributed by atoms with van der Waals surface area (Å²) < 4.78 is 5.35. The third-order valence-electron chi connectivity index (χ3n) is 5.94. The standard InChI is InChI=1S/C26H29N3O3S/c1-18-7-9-19(10-8-18)26-28-22(17-33-26)16-24(30)27-21-11-13-29(14-12-21)25(31)15-20-5-3-4-6-23(20)32-2/h3-10,17,21H,11-16H2,1-2H3,(H,27,30). The van der Waals surface area contributed by atoms with Gasteiger partial charge in [-0.2, -0.15) is 0 Å². The molecule has 33 heavy (non-hydrogen) atoms. The van der Waals surface area contributed by atoms with E-state index in [1.54, 1.807) is 18.4 Å². The number of ether oxygens (including phenoxy) is 1. The Morgan fingerprint density at radius 2 is 1.82 bits per heavy atom. The molecule has 0 unspecified atom stereocenters. The van der Waals surface area contributed by atoms with Crippen LogP contribution in [0.4, 0.5) is 0 Å². The number of benzene rings is 2. The number of aromatic nitrogens is 1. The maximum absolute atomic E-state index is 12.7. The van der Waals surface area contributed by atoms with Gasteiger partial charge in [-0.3, -0.25) is 9.59 Å². The van der Waals surface area contributed by atoms with E-state index >= 15 is 0 Å². The van der Waals surface area contributed by atoms with Crippen LogP contribution in [0.15, 0.2) is 53.9 Å². The van der Waals surface area contributed by atoms with Crippen LogP contribution in [0.1, 0.15) is 29.7 Å². The first-order valence-electron chi connectivity index (χ1n) is 11.2. The monoisotopic (exact) mass is 463 g/mol. The van der Waals surface area contributed by atoms with E-state index in [-0.39, 0.29) is 24.3 Å². The number of thiazole rings is 1. The molecule has 0 spiro atoms. The predicted molar refractivity (Wildman–Crippen MR) is 130 cm³/mol. The zero-order valence-electron chi connectivity index (χ0n) is 19.0. The maximum atomic E-state index is 12.7. The van der Waals surface area contributed by atoms with E-state index in [1.165, 1.54) is 5.56 Å². The molecule has 2 aromatic carbocycles. The number of nitrogens with zero attached hydrogens (tertiary/aromatic N) is 2. The summed E-state index contributed by atoms with van der Waals surface area (Å²) in [5.74, 6) is 0.811. The number of rotatable bonds is 7. The average molecular weight is 464 g/mol. The molecule has 1 aliphatic rings. The van der Waals surface area contributed by atoms with E-state index in [0.29, 0.717) is 19.5 Å². The van der Waals surface area contributed by atoms with Crippen molar-refractivity contribution >= 4 is 23.2 Å². The van der Waals surface area contributed by atoms with Crippen LogP contribution in [0.2, 0.25) is 0 Å². The van der Waals surface area contributed by atoms with Crippen LogP contribution in [0.5, 0.6) is 5.75 Å². The van der Waals surface area contributed by atoms with Gasteiger partial charge in [0, 0.05) is 35.6 Å². The third kappa shape index (κ3) is 5.99. The van der Waals surface area contributed by atoms with Crippen molar-refractivity contribution < 1.29 is 14.3 Å². The zero-order valence-corrected chi connectivity index (χ0v) is 19.9. The van der Waals surface area contributed by atoms with Crippen LogP contribution in [-0.2, 0) is 22.4 Å². The fourth-order valence-electron chi connectivity index (χ4n) is 4.06. The topological polar surface area (TPSA) is 71.5 Å². The van der Waals surface area contributed by atoms with Gasteiger partial charge in [0.15, 0.2) is 0 Å². The largest absolute Gasteiger partial charge is 0.496 e. The van der Waals surface area contributed by atoms with Crippen molar-refractivity contribution in [3.8, 4) is 16.3 Å². The van der Waals surface area contributed by atoms with Crippen molar-refractivity contribution in [2.45, 2.75) is 38.6 Å².